The molecule has 0 saturated carbocycles. The lowest BCUT2D eigenvalue weighted by atomic mass is 10.0. The third kappa shape index (κ3) is 8.28. The molecule has 0 fully saturated rings. The van der Waals surface area contributed by atoms with Gasteiger partial charge in [-0.2, -0.15) is 0 Å². The smallest absolute Gasteiger partial charge is 0.201 e. The molecular formula is C21H34O4. The van der Waals surface area contributed by atoms with Crippen LogP contribution in [-0.4, -0.2) is 21.1 Å². The maximum atomic E-state index is 12.1. The molecule has 4 nitrogen and oxygen atoms in total. The van der Waals surface area contributed by atoms with Crippen molar-refractivity contribution < 1.29 is 20.1 Å². The van der Waals surface area contributed by atoms with Gasteiger partial charge in [0.1, 0.15) is 0 Å². The van der Waals surface area contributed by atoms with E-state index >= 15 is 0 Å². The fourth-order valence-electron chi connectivity index (χ4n) is 3.00. The van der Waals surface area contributed by atoms with Crippen molar-refractivity contribution in [2.45, 2.75) is 84.5 Å². The van der Waals surface area contributed by atoms with Crippen molar-refractivity contribution in [1.29, 1.82) is 0 Å². The number of Topliss-reactive ketones (excluding diaryl/α,β-unsaturated/α-hetero) is 1. The topological polar surface area (TPSA) is 77.8 Å². The van der Waals surface area contributed by atoms with E-state index in [9.17, 15) is 20.1 Å². The van der Waals surface area contributed by atoms with E-state index in [-0.39, 0.29) is 11.3 Å². The molecular weight excluding hydrogens is 316 g/mol. The van der Waals surface area contributed by atoms with Gasteiger partial charge in [-0.25, -0.2) is 0 Å². The predicted octanol–water partition coefficient (Wildman–Crippen LogP) is 5.93. The van der Waals surface area contributed by atoms with Crippen molar-refractivity contribution >= 4 is 5.78 Å². The molecule has 0 spiro atoms. The summed E-state index contributed by atoms with van der Waals surface area (Å²) >= 11 is 0. The average Bonchev–Trinajstić information content (AvgIpc) is 2.57. The Morgan fingerprint density at radius 2 is 1.32 bits per heavy atom. The van der Waals surface area contributed by atoms with Crippen LogP contribution in [0.15, 0.2) is 12.1 Å². The Balaban J connectivity index is 2.07. The molecule has 0 unspecified atom stereocenters. The molecule has 1 aromatic rings. The molecule has 0 aliphatic carbocycles. The Bertz CT molecular complexity index is 523. The lowest BCUT2D eigenvalue weighted by Crippen LogP contribution is -1.99. The minimum Gasteiger partial charge on any atom is -0.504 e. The van der Waals surface area contributed by atoms with Crippen LogP contribution in [0.4, 0.5) is 0 Å². The highest BCUT2D eigenvalue weighted by molar-refractivity contribution is 5.99. The van der Waals surface area contributed by atoms with Crippen molar-refractivity contribution in [2.75, 3.05) is 0 Å². The van der Waals surface area contributed by atoms with Crippen molar-refractivity contribution in [3.05, 3.63) is 17.7 Å². The number of benzene rings is 1. The summed E-state index contributed by atoms with van der Waals surface area (Å²) in [6, 6.07) is 2.58. The van der Waals surface area contributed by atoms with Crippen LogP contribution in [0.25, 0.3) is 0 Å². The molecule has 0 aliphatic rings. The quantitative estimate of drug-likeness (QED) is 0.234. The summed E-state index contributed by atoms with van der Waals surface area (Å²) in [7, 11) is 0. The normalized spacial score (nSPS) is 11.2. The number of carbonyl (C=O) groups is 1. The van der Waals surface area contributed by atoms with Crippen LogP contribution in [0, 0.1) is 5.92 Å². The first-order valence-corrected chi connectivity index (χ1v) is 9.70. The van der Waals surface area contributed by atoms with Crippen LogP contribution in [0.1, 0.15) is 94.8 Å². The van der Waals surface area contributed by atoms with E-state index in [1.807, 2.05) is 0 Å². The SMILES string of the molecule is CC(C)CCCCCCCCCCCC(=O)c1ccc(O)c(O)c1O. The third-order valence-electron chi connectivity index (χ3n) is 4.62. The molecule has 0 bridgehead atoms. The zero-order valence-electron chi connectivity index (χ0n) is 15.8. The Morgan fingerprint density at radius 3 is 1.88 bits per heavy atom. The lowest BCUT2D eigenvalue weighted by molar-refractivity contribution is 0.0975. The highest BCUT2D eigenvalue weighted by Gasteiger charge is 2.16. The van der Waals surface area contributed by atoms with Crippen LogP contribution in [-0.2, 0) is 0 Å². The van der Waals surface area contributed by atoms with Crippen molar-refractivity contribution in [1.82, 2.24) is 0 Å². The van der Waals surface area contributed by atoms with Crippen molar-refractivity contribution in [2.24, 2.45) is 5.92 Å². The van der Waals surface area contributed by atoms with Gasteiger partial charge < -0.3 is 15.3 Å². The maximum absolute atomic E-state index is 12.1. The first-order chi connectivity index (χ1) is 11.9. The van der Waals surface area contributed by atoms with Gasteiger partial charge in [-0.3, -0.25) is 4.79 Å². The van der Waals surface area contributed by atoms with Gasteiger partial charge in [-0.1, -0.05) is 71.6 Å². The molecule has 0 aromatic heterocycles. The number of phenolic OH excluding ortho intramolecular Hbond substituents is 3. The molecule has 0 heterocycles. The van der Waals surface area contributed by atoms with E-state index in [1.54, 1.807) is 0 Å². The first kappa shape index (κ1) is 21.3. The van der Waals surface area contributed by atoms with Gasteiger partial charge in [-0.05, 0) is 24.5 Å². The monoisotopic (exact) mass is 350 g/mol. The summed E-state index contributed by atoms with van der Waals surface area (Å²) in [4.78, 5) is 12.1. The summed E-state index contributed by atoms with van der Waals surface area (Å²) in [5, 5.41) is 28.4. The van der Waals surface area contributed by atoms with Gasteiger partial charge in [0.15, 0.2) is 17.3 Å². The fourth-order valence-corrected chi connectivity index (χ4v) is 3.00. The highest BCUT2D eigenvalue weighted by Crippen LogP contribution is 2.37. The van der Waals surface area contributed by atoms with E-state index in [4.69, 9.17) is 0 Å². The second kappa shape index (κ2) is 11.8. The van der Waals surface area contributed by atoms with Crippen LogP contribution < -0.4 is 0 Å². The van der Waals surface area contributed by atoms with Gasteiger partial charge in [0.25, 0.3) is 0 Å². The highest BCUT2D eigenvalue weighted by atomic mass is 16.3. The number of unbranched alkanes of at least 4 members (excludes halogenated alkanes) is 8. The van der Waals surface area contributed by atoms with E-state index in [1.165, 1.54) is 57.1 Å². The third-order valence-corrected chi connectivity index (χ3v) is 4.62. The number of rotatable bonds is 13. The molecule has 142 valence electrons. The average molecular weight is 350 g/mol. The molecule has 0 saturated heterocycles. The van der Waals surface area contributed by atoms with E-state index in [0.717, 1.165) is 25.2 Å². The summed E-state index contributed by atoms with van der Waals surface area (Å²) in [6.45, 7) is 4.55. The Morgan fingerprint density at radius 1 is 0.800 bits per heavy atom. The largest absolute Gasteiger partial charge is 0.504 e. The number of aromatic hydroxyl groups is 3. The summed E-state index contributed by atoms with van der Waals surface area (Å²) in [6.07, 6.45) is 12.4. The zero-order chi connectivity index (χ0) is 18.7. The Hall–Kier alpha value is -1.71. The van der Waals surface area contributed by atoms with Crippen molar-refractivity contribution in [3.8, 4) is 17.2 Å². The predicted molar refractivity (Wildman–Crippen MR) is 101 cm³/mol. The number of phenols is 3. The first-order valence-electron chi connectivity index (χ1n) is 9.70. The van der Waals surface area contributed by atoms with Gasteiger partial charge >= 0.3 is 0 Å². The summed E-state index contributed by atoms with van der Waals surface area (Å²) in [5.41, 5.74) is 0.0803. The lowest BCUT2D eigenvalue weighted by Gasteiger charge is -2.07. The molecule has 0 amide bonds. The molecule has 0 atom stereocenters. The summed E-state index contributed by atoms with van der Waals surface area (Å²) < 4.78 is 0. The minimum absolute atomic E-state index is 0.0803. The molecule has 1 aromatic carbocycles. The fraction of sp³-hybridized carbons (Fsp3) is 0.667. The molecule has 1 rings (SSSR count). The number of ketones is 1. The van der Waals surface area contributed by atoms with Crippen LogP contribution in [0.3, 0.4) is 0 Å². The van der Waals surface area contributed by atoms with E-state index in [0.29, 0.717) is 6.42 Å². The van der Waals surface area contributed by atoms with Crippen LogP contribution in [0.2, 0.25) is 0 Å². The molecule has 4 heteroatoms. The molecule has 3 N–H and O–H groups in total. The van der Waals surface area contributed by atoms with Gasteiger partial charge in [-0.15, -0.1) is 0 Å². The maximum Gasteiger partial charge on any atom is 0.201 e. The van der Waals surface area contributed by atoms with Gasteiger partial charge in [0, 0.05) is 6.42 Å². The summed E-state index contributed by atoms with van der Waals surface area (Å²) in [5.74, 6) is -0.951. The van der Waals surface area contributed by atoms with Gasteiger partial charge in [0.2, 0.25) is 5.75 Å². The number of hydrogen-bond donors (Lipinski definition) is 3. The zero-order valence-corrected chi connectivity index (χ0v) is 15.8. The molecule has 25 heavy (non-hydrogen) atoms. The minimum atomic E-state index is -0.626. The number of carbonyl (C=O) groups excluding carboxylic acids is 1. The second-order valence-corrected chi connectivity index (χ2v) is 7.37. The van der Waals surface area contributed by atoms with Crippen LogP contribution >= 0.6 is 0 Å². The second-order valence-electron chi connectivity index (χ2n) is 7.37. The van der Waals surface area contributed by atoms with E-state index < -0.39 is 17.2 Å². The van der Waals surface area contributed by atoms with Gasteiger partial charge in [0.05, 0.1) is 5.56 Å². The molecule has 0 aliphatic heterocycles. The van der Waals surface area contributed by atoms with Crippen molar-refractivity contribution in [3.63, 3.8) is 0 Å². The number of hydrogen-bond acceptors (Lipinski definition) is 4. The Kier molecular flexibility index (Phi) is 10.0. The van der Waals surface area contributed by atoms with Crippen LogP contribution in [0.5, 0.6) is 17.2 Å². The Labute approximate surface area is 151 Å². The molecule has 0 radical (unpaired) electrons. The van der Waals surface area contributed by atoms with E-state index in [2.05, 4.69) is 13.8 Å². The standard InChI is InChI=1S/C21H34O4/c1-16(2)12-10-8-6-4-3-5-7-9-11-13-18(22)17-14-15-19(23)21(25)20(17)24/h14-16,23-25H,3-13H2,1-2H3.